The van der Waals surface area contributed by atoms with Crippen molar-refractivity contribution in [1.82, 2.24) is 31.9 Å². The van der Waals surface area contributed by atoms with Gasteiger partial charge in [0.2, 0.25) is 11.8 Å². The van der Waals surface area contributed by atoms with Gasteiger partial charge in [0.15, 0.2) is 0 Å². The van der Waals surface area contributed by atoms with Crippen LogP contribution in [0.3, 0.4) is 0 Å². The Morgan fingerprint density at radius 2 is 0.953 bits per heavy atom. The van der Waals surface area contributed by atoms with Crippen molar-refractivity contribution in [3.05, 3.63) is 10.4 Å². The van der Waals surface area contributed by atoms with E-state index in [-0.39, 0.29) is 48.0 Å². The molecule has 8 N–H and O–H groups in total. The van der Waals surface area contributed by atoms with Crippen LogP contribution in [0.1, 0.15) is 51.4 Å². The summed E-state index contributed by atoms with van der Waals surface area (Å²) in [5.41, 5.74) is 13.4. The van der Waals surface area contributed by atoms with Crippen LogP contribution < -0.4 is 37.6 Å². The Hall–Kier alpha value is -2.87. The molecule has 24 heteroatoms. The van der Waals surface area contributed by atoms with Gasteiger partial charge in [-0.3, -0.25) is 9.59 Å². The Morgan fingerprint density at radius 3 is 1.34 bits per heavy atom. The quantitative estimate of drug-likeness (QED) is 0.0149. The van der Waals surface area contributed by atoms with E-state index < -0.39 is 0 Å². The van der Waals surface area contributed by atoms with E-state index in [1.54, 1.807) is 0 Å². The highest BCUT2D eigenvalue weighted by Gasteiger charge is 2.43. The number of ether oxygens (including phenoxy) is 8. The summed E-state index contributed by atoms with van der Waals surface area (Å²) in [6.45, 7) is 9.61. The van der Waals surface area contributed by atoms with Crippen molar-refractivity contribution in [1.29, 1.82) is 0 Å². The topological polar surface area (TPSA) is 289 Å². The number of nitrogens with zero attached hydrogens (tertiary/aromatic N) is 3. The summed E-state index contributed by atoms with van der Waals surface area (Å²) in [6, 6.07) is 0.866. The number of urea groups is 2. The van der Waals surface area contributed by atoms with E-state index in [1.807, 2.05) is 23.5 Å². The van der Waals surface area contributed by atoms with Crippen LogP contribution in [0.25, 0.3) is 10.4 Å². The van der Waals surface area contributed by atoms with E-state index in [2.05, 4.69) is 41.9 Å². The predicted octanol–water partition coefficient (Wildman–Crippen LogP) is 1.06. The number of hydrogen-bond acceptors (Lipinski definition) is 16. The third-order valence-electron chi connectivity index (χ3n) is 10.2. The van der Waals surface area contributed by atoms with E-state index in [9.17, 15) is 19.2 Å². The molecule has 64 heavy (non-hydrogen) atoms. The lowest BCUT2D eigenvalue weighted by atomic mass is 10.0. The van der Waals surface area contributed by atoms with Crippen LogP contribution in [0.4, 0.5) is 9.59 Å². The molecule has 0 aromatic rings. The molecule has 0 bridgehead atoms. The SMILES string of the molecule is NCCOCCOCCOCCOCCNC(=O)CCCC[C@@H]1SC[C@@H]2NC(=O)N[C@@H]21.[N-]=[N+]=NCCOCCOCCOCCOCCNC(=O)CCCC[C@@H]1SC[C@@H]2NC(=O)N[C@@H]21. The normalized spacial score (nSPS) is 21.7. The molecule has 4 aliphatic heterocycles. The molecule has 0 aromatic heterocycles. The fourth-order valence-electron chi connectivity index (χ4n) is 7.01. The average Bonchev–Trinajstić information content (AvgIpc) is 4.06. The lowest BCUT2D eigenvalue weighted by Crippen LogP contribution is -2.36. The molecular weight excluding hydrogens is 877 g/mol. The van der Waals surface area contributed by atoms with Crippen LogP contribution in [0.15, 0.2) is 5.11 Å². The van der Waals surface area contributed by atoms with Crippen molar-refractivity contribution >= 4 is 47.4 Å². The minimum Gasteiger partial charge on any atom is -0.379 e. The molecule has 4 fully saturated rings. The van der Waals surface area contributed by atoms with Gasteiger partial charge >= 0.3 is 12.1 Å². The molecule has 0 radical (unpaired) electrons. The zero-order valence-corrected chi connectivity index (χ0v) is 38.9. The monoisotopic (exact) mass is 950 g/mol. The number of amides is 6. The summed E-state index contributed by atoms with van der Waals surface area (Å²) in [5, 5.41) is 21.9. The van der Waals surface area contributed by atoms with Crippen molar-refractivity contribution in [2.45, 2.75) is 86.0 Å². The summed E-state index contributed by atoms with van der Waals surface area (Å²) in [7, 11) is 0. The van der Waals surface area contributed by atoms with E-state index in [0.717, 1.165) is 50.0 Å². The third kappa shape index (κ3) is 26.3. The number of nitrogens with two attached hydrogens (primary N) is 1. The van der Waals surface area contributed by atoms with Crippen LogP contribution in [-0.2, 0) is 47.5 Å². The van der Waals surface area contributed by atoms with Gasteiger partial charge in [-0.05, 0) is 31.2 Å². The lowest BCUT2D eigenvalue weighted by Gasteiger charge is -2.16. The van der Waals surface area contributed by atoms with Gasteiger partial charge < -0.3 is 75.5 Å². The summed E-state index contributed by atoms with van der Waals surface area (Å²) in [6.07, 6.45) is 6.75. The molecule has 0 spiro atoms. The van der Waals surface area contributed by atoms with Crippen LogP contribution in [-0.4, -0.2) is 202 Å². The molecule has 6 atom stereocenters. The standard InChI is InChI=1S/C20H36N6O6S.C20H38N4O6S/c21-26-23-6-8-30-10-12-32-14-13-31-11-9-29-7-5-22-18(27)4-2-1-3-17-19-16(15-33-17)24-20(28)25-19;21-5-7-27-9-11-29-13-14-30-12-10-28-8-6-22-18(25)4-2-1-3-17-19-16(15-31-17)23-20(26)24-19/h16-17,19H,1-15H2,(H,22,27)(H2,24,25,28);16-17,19H,1-15,21H2,(H,22,25)(H2,23,24,26)/t2*16-,17-,19-/m00/s1. The number of carbonyl (C=O) groups excluding carboxylic acids is 4. The predicted molar refractivity (Wildman–Crippen MR) is 244 cm³/mol. The van der Waals surface area contributed by atoms with E-state index >= 15 is 0 Å². The third-order valence-corrected chi connectivity index (χ3v) is 13.2. The number of hydrogen-bond donors (Lipinski definition) is 7. The molecule has 6 amide bonds. The number of nitrogens with one attached hydrogen (secondary N) is 6. The highest BCUT2D eigenvalue weighted by Crippen LogP contribution is 2.34. The van der Waals surface area contributed by atoms with Gasteiger partial charge in [-0.1, -0.05) is 18.0 Å². The first-order valence-electron chi connectivity index (χ1n) is 22.6. The molecule has 4 saturated heterocycles. The fraction of sp³-hybridized carbons (Fsp3) is 0.900. The van der Waals surface area contributed by atoms with Crippen molar-refractivity contribution in [2.75, 3.05) is 143 Å². The first-order valence-corrected chi connectivity index (χ1v) is 24.7. The molecule has 0 saturated carbocycles. The van der Waals surface area contributed by atoms with Crippen LogP contribution in [0.2, 0.25) is 0 Å². The van der Waals surface area contributed by atoms with Crippen molar-refractivity contribution in [3.63, 3.8) is 0 Å². The maximum atomic E-state index is 11.9. The second-order valence-electron chi connectivity index (χ2n) is 15.1. The number of unbranched alkanes of at least 4 members (excludes halogenated alkanes) is 2. The summed E-state index contributed by atoms with van der Waals surface area (Å²) in [4.78, 5) is 49.2. The van der Waals surface area contributed by atoms with E-state index in [4.69, 9.17) is 49.2 Å². The highest BCUT2D eigenvalue weighted by atomic mass is 32.2. The summed E-state index contributed by atoms with van der Waals surface area (Å²) >= 11 is 3.81. The number of rotatable bonds is 39. The largest absolute Gasteiger partial charge is 0.379 e. The number of fused-ring (bicyclic) bond motifs is 2. The number of carbonyl (C=O) groups is 4. The molecule has 0 aromatic carbocycles. The Labute approximate surface area is 386 Å². The summed E-state index contributed by atoms with van der Waals surface area (Å²) in [5.74, 6) is 2.03. The number of thioether (sulfide) groups is 2. The van der Waals surface area contributed by atoms with Crippen molar-refractivity contribution in [2.24, 2.45) is 10.8 Å². The molecule has 4 aliphatic rings. The molecule has 368 valence electrons. The van der Waals surface area contributed by atoms with Crippen molar-refractivity contribution in [3.8, 4) is 0 Å². The molecule has 0 unspecified atom stereocenters. The fourth-order valence-corrected chi connectivity index (χ4v) is 10.1. The highest BCUT2D eigenvalue weighted by molar-refractivity contribution is 8.00. The smallest absolute Gasteiger partial charge is 0.315 e. The lowest BCUT2D eigenvalue weighted by molar-refractivity contribution is -0.122. The average molecular weight is 951 g/mol. The van der Waals surface area contributed by atoms with Gasteiger partial charge in [-0.25, -0.2) is 9.59 Å². The Morgan fingerprint density at radius 1 is 0.578 bits per heavy atom. The van der Waals surface area contributed by atoms with Gasteiger partial charge in [0.25, 0.3) is 0 Å². The van der Waals surface area contributed by atoms with E-state index in [0.29, 0.717) is 155 Å². The molecule has 4 rings (SSSR count). The first-order chi connectivity index (χ1) is 31.4. The molecule has 0 aliphatic carbocycles. The molecule has 22 nitrogen and oxygen atoms in total. The Balaban J connectivity index is 0.000000341. The van der Waals surface area contributed by atoms with Crippen LogP contribution >= 0.6 is 23.5 Å². The Kier molecular flexibility index (Phi) is 32.3. The van der Waals surface area contributed by atoms with Crippen LogP contribution in [0, 0.1) is 0 Å². The minimum absolute atomic E-state index is 0.0431. The van der Waals surface area contributed by atoms with Gasteiger partial charge in [0.1, 0.15) is 0 Å². The van der Waals surface area contributed by atoms with E-state index in [1.165, 1.54) is 0 Å². The number of azide groups is 1. The van der Waals surface area contributed by atoms with Crippen LogP contribution in [0.5, 0.6) is 0 Å². The van der Waals surface area contributed by atoms with Gasteiger partial charge in [-0.2, -0.15) is 23.5 Å². The van der Waals surface area contributed by atoms with Gasteiger partial charge in [0.05, 0.1) is 130 Å². The molecular formula is C40H74N10O12S2. The maximum absolute atomic E-state index is 11.9. The first kappa shape index (κ1) is 55.5. The van der Waals surface area contributed by atoms with Gasteiger partial charge in [-0.15, -0.1) is 0 Å². The summed E-state index contributed by atoms with van der Waals surface area (Å²) < 4.78 is 42.8. The van der Waals surface area contributed by atoms with Crippen molar-refractivity contribution < 1.29 is 57.1 Å². The maximum Gasteiger partial charge on any atom is 0.315 e. The molecule has 4 heterocycles. The zero-order valence-electron chi connectivity index (χ0n) is 37.3. The zero-order chi connectivity index (χ0) is 45.7. The minimum atomic E-state index is -0.0594. The van der Waals surface area contributed by atoms with Gasteiger partial charge in [0, 0.05) is 65.9 Å². The second kappa shape index (κ2) is 37.2. The second-order valence-corrected chi connectivity index (χ2v) is 17.6. The Bertz CT molecular complexity index is 1330.